The molecular formula is C20H20N2O2. The first-order valence-electron chi connectivity index (χ1n) is 8.18. The van der Waals surface area contributed by atoms with E-state index < -0.39 is 6.10 Å². The Morgan fingerprint density at radius 2 is 1.83 bits per heavy atom. The van der Waals surface area contributed by atoms with Crippen LogP contribution in [0, 0.1) is 11.3 Å². The minimum absolute atomic E-state index is 0.163. The number of benzene rings is 2. The largest absolute Gasteiger partial charge is 0.388 e. The van der Waals surface area contributed by atoms with Crippen molar-refractivity contribution in [3.63, 3.8) is 0 Å². The zero-order valence-electron chi connectivity index (χ0n) is 13.4. The van der Waals surface area contributed by atoms with E-state index >= 15 is 0 Å². The van der Waals surface area contributed by atoms with Gasteiger partial charge in [0.25, 0.3) is 5.91 Å². The monoisotopic (exact) mass is 320 g/mol. The van der Waals surface area contributed by atoms with Crippen LogP contribution in [-0.4, -0.2) is 17.6 Å². The van der Waals surface area contributed by atoms with Gasteiger partial charge in [-0.05, 0) is 42.5 Å². The molecule has 1 saturated carbocycles. The Morgan fingerprint density at radius 3 is 2.42 bits per heavy atom. The van der Waals surface area contributed by atoms with Crippen LogP contribution in [0.1, 0.15) is 46.9 Å². The lowest BCUT2D eigenvalue weighted by Gasteiger charge is -2.12. The quantitative estimate of drug-likeness (QED) is 0.859. The number of nitrogens with zero attached hydrogens (tertiary/aromatic N) is 1. The molecule has 1 fully saturated rings. The summed E-state index contributed by atoms with van der Waals surface area (Å²) in [5.41, 5.74) is 2.08. The molecule has 0 aromatic heterocycles. The molecule has 24 heavy (non-hydrogen) atoms. The van der Waals surface area contributed by atoms with Crippen molar-refractivity contribution in [2.24, 2.45) is 0 Å². The summed E-state index contributed by atoms with van der Waals surface area (Å²) < 4.78 is 0. The molecule has 4 nitrogen and oxygen atoms in total. The van der Waals surface area contributed by atoms with Crippen LogP contribution in [0.2, 0.25) is 0 Å². The molecule has 1 unspecified atom stereocenters. The van der Waals surface area contributed by atoms with Gasteiger partial charge in [-0.1, -0.05) is 42.5 Å². The van der Waals surface area contributed by atoms with E-state index in [0.29, 0.717) is 18.5 Å². The molecule has 1 amide bonds. The van der Waals surface area contributed by atoms with Gasteiger partial charge in [-0.25, -0.2) is 0 Å². The highest BCUT2D eigenvalue weighted by atomic mass is 16.3. The van der Waals surface area contributed by atoms with Crippen LogP contribution in [0.3, 0.4) is 0 Å². The van der Waals surface area contributed by atoms with Crippen LogP contribution < -0.4 is 5.32 Å². The smallest absolute Gasteiger partial charge is 0.251 e. The van der Waals surface area contributed by atoms with E-state index in [-0.39, 0.29) is 11.3 Å². The SMILES string of the molecule is N#CC1(c2ccc(C(=O)NCCC(O)c3ccccc3)cc2)CC1. The molecule has 0 heterocycles. The van der Waals surface area contributed by atoms with Crippen molar-refractivity contribution < 1.29 is 9.90 Å². The second-order valence-corrected chi connectivity index (χ2v) is 6.24. The van der Waals surface area contributed by atoms with Crippen LogP contribution in [0.25, 0.3) is 0 Å². The first-order valence-corrected chi connectivity index (χ1v) is 8.18. The third kappa shape index (κ3) is 3.47. The van der Waals surface area contributed by atoms with E-state index in [1.54, 1.807) is 12.1 Å². The number of nitriles is 1. The Balaban J connectivity index is 1.51. The molecule has 2 N–H and O–H groups in total. The molecule has 0 spiro atoms. The van der Waals surface area contributed by atoms with Gasteiger partial charge in [-0.3, -0.25) is 4.79 Å². The third-order valence-electron chi connectivity index (χ3n) is 4.55. The summed E-state index contributed by atoms with van der Waals surface area (Å²) in [7, 11) is 0. The molecule has 0 saturated heterocycles. The number of carbonyl (C=O) groups excluding carboxylic acids is 1. The van der Waals surface area contributed by atoms with E-state index in [1.165, 1.54) is 0 Å². The van der Waals surface area contributed by atoms with Crippen molar-refractivity contribution in [2.45, 2.75) is 30.8 Å². The van der Waals surface area contributed by atoms with Crippen LogP contribution in [0.15, 0.2) is 54.6 Å². The van der Waals surface area contributed by atoms with E-state index in [1.807, 2.05) is 42.5 Å². The second kappa shape index (κ2) is 6.86. The summed E-state index contributed by atoms with van der Waals surface area (Å²) in [5.74, 6) is -0.163. The van der Waals surface area contributed by atoms with Crippen LogP contribution in [-0.2, 0) is 5.41 Å². The van der Waals surface area contributed by atoms with Gasteiger partial charge in [0, 0.05) is 12.1 Å². The fourth-order valence-electron chi connectivity index (χ4n) is 2.80. The number of nitrogens with one attached hydrogen (secondary N) is 1. The summed E-state index contributed by atoms with van der Waals surface area (Å²) in [6.07, 6.45) is 1.67. The molecule has 1 atom stereocenters. The Morgan fingerprint density at radius 1 is 1.17 bits per heavy atom. The summed E-state index contributed by atoms with van der Waals surface area (Å²) in [6, 6.07) is 19.0. The van der Waals surface area contributed by atoms with Crippen LogP contribution in [0.4, 0.5) is 0 Å². The molecule has 0 radical (unpaired) electrons. The minimum atomic E-state index is -0.584. The van der Waals surface area contributed by atoms with Crippen molar-refractivity contribution in [2.75, 3.05) is 6.54 Å². The summed E-state index contributed by atoms with van der Waals surface area (Å²) >= 11 is 0. The number of aliphatic hydroxyl groups is 1. The van der Waals surface area contributed by atoms with Gasteiger partial charge in [0.2, 0.25) is 0 Å². The standard InChI is InChI=1S/C20H20N2O2/c21-14-20(11-12-20)17-8-6-16(7-9-17)19(24)22-13-10-18(23)15-4-2-1-3-5-15/h1-9,18,23H,10-13H2,(H,22,24). The van der Waals surface area contributed by atoms with E-state index in [4.69, 9.17) is 0 Å². The highest BCUT2D eigenvalue weighted by Crippen LogP contribution is 2.47. The van der Waals surface area contributed by atoms with Crippen molar-refractivity contribution in [3.8, 4) is 6.07 Å². The highest BCUT2D eigenvalue weighted by molar-refractivity contribution is 5.94. The fourth-order valence-corrected chi connectivity index (χ4v) is 2.80. The van der Waals surface area contributed by atoms with Gasteiger partial charge in [0.15, 0.2) is 0 Å². The maximum atomic E-state index is 12.2. The Labute approximate surface area is 141 Å². The van der Waals surface area contributed by atoms with Gasteiger partial charge >= 0.3 is 0 Å². The normalized spacial score (nSPS) is 16.0. The van der Waals surface area contributed by atoms with E-state index in [9.17, 15) is 15.2 Å². The number of rotatable bonds is 6. The van der Waals surface area contributed by atoms with Gasteiger partial charge in [-0.2, -0.15) is 5.26 Å². The number of carbonyl (C=O) groups is 1. The molecule has 0 aliphatic heterocycles. The van der Waals surface area contributed by atoms with Crippen LogP contribution >= 0.6 is 0 Å². The van der Waals surface area contributed by atoms with Gasteiger partial charge in [-0.15, -0.1) is 0 Å². The predicted octanol–water partition coefficient (Wildman–Crippen LogP) is 3.10. The van der Waals surface area contributed by atoms with Crippen molar-refractivity contribution in [1.29, 1.82) is 5.26 Å². The lowest BCUT2D eigenvalue weighted by atomic mass is 9.96. The maximum Gasteiger partial charge on any atom is 0.251 e. The molecule has 122 valence electrons. The lowest BCUT2D eigenvalue weighted by Crippen LogP contribution is -2.25. The molecular weight excluding hydrogens is 300 g/mol. The Hall–Kier alpha value is -2.64. The van der Waals surface area contributed by atoms with Crippen molar-refractivity contribution >= 4 is 5.91 Å². The topological polar surface area (TPSA) is 73.1 Å². The molecule has 3 rings (SSSR count). The highest BCUT2D eigenvalue weighted by Gasteiger charge is 2.44. The fraction of sp³-hybridized carbons (Fsp3) is 0.300. The summed E-state index contributed by atoms with van der Waals surface area (Å²) in [4.78, 5) is 12.2. The lowest BCUT2D eigenvalue weighted by molar-refractivity contribution is 0.0942. The molecule has 4 heteroatoms. The number of hydrogen-bond donors (Lipinski definition) is 2. The molecule has 2 aromatic rings. The summed E-state index contributed by atoms with van der Waals surface area (Å²) in [5, 5.41) is 22.1. The third-order valence-corrected chi connectivity index (χ3v) is 4.55. The number of amides is 1. The first kappa shape index (κ1) is 16.2. The van der Waals surface area contributed by atoms with E-state index in [2.05, 4.69) is 11.4 Å². The molecule has 0 bridgehead atoms. The molecule has 2 aromatic carbocycles. The number of hydrogen-bond acceptors (Lipinski definition) is 3. The van der Waals surface area contributed by atoms with Gasteiger partial charge < -0.3 is 10.4 Å². The minimum Gasteiger partial charge on any atom is -0.388 e. The van der Waals surface area contributed by atoms with Crippen molar-refractivity contribution in [3.05, 3.63) is 71.3 Å². The first-order chi connectivity index (χ1) is 11.6. The molecule has 1 aliphatic carbocycles. The molecule has 1 aliphatic rings. The predicted molar refractivity (Wildman–Crippen MR) is 91.3 cm³/mol. The summed E-state index contributed by atoms with van der Waals surface area (Å²) in [6.45, 7) is 0.402. The van der Waals surface area contributed by atoms with E-state index in [0.717, 1.165) is 24.0 Å². The Bertz CT molecular complexity index is 743. The zero-order valence-corrected chi connectivity index (χ0v) is 13.4. The average molecular weight is 320 g/mol. The maximum absolute atomic E-state index is 12.2. The van der Waals surface area contributed by atoms with Crippen LogP contribution in [0.5, 0.6) is 0 Å². The van der Waals surface area contributed by atoms with Crippen molar-refractivity contribution in [1.82, 2.24) is 5.32 Å². The number of aliphatic hydroxyl groups excluding tert-OH is 1. The average Bonchev–Trinajstić information content (AvgIpc) is 3.44. The zero-order chi connectivity index (χ0) is 17.0. The van der Waals surface area contributed by atoms with Gasteiger partial charge in [0.05, 0.1) is 17.6 Å². The second-order valence-electron chi connectivity index (χ2n) is 6.24. The van der Waals surface area contributed by atoms with Gasteiger partial charge in [0.1, 0.15) is 0 Å². The Kier molecular flexibility index (Phi) is 4.64.